The molecule has 1 N–H and O–H groups in total. The number of nitrogens with zero attached hydrogens (tertiary/aromatic N) is 3. The summed E-state index contributed by atoms with van der Waals surface area (Å²) >= 11 is 0. The maximum Gasteiger partial charge on any atom is 0.149 e. The minimum Gasteiger partial charge on any atom is -0.337 e. The number of fused-ring (bicyclic) bond motifs is 1. The van der Waals surface area contributed by atoms with Crippen LogP contribution in [0.25, 0.3) is 28.4 Å². The average Bonchev–Trinajstić information content (AvgIpc) is 3.30. The molecule has 4 aromatic rings. The molecule has 0 bridgehead atoms. The van der Waals surface area contributed by atoms with Gasteiger partial charge in [-0.3, -0.25) is 0 Å². The van der Waals surface area contributed by atoms with Crippen molar-refractivity contribution in [2.75, 3.05) is 0 Å². The second-order valence-electron chi connectivity index (χ2n) is 8.21. The zero-order valence-electron chi connectivity index (χ0n) is 18.7. The van der Waals surface area contributed by atoms with E-state index in [0.717, 1.165) is 45.7 Å². The molecule has 2 aromatic heterocycles. The van der Waals surface area contributed by atoms with Crippen molar-refractivity contribution in [1.82, 2.24) is 14.5 Å². The number of benzene rings is 2. The van der Waals surface area contributed by atoms with Gasteiger partial charge in [-0.05, 0) is 86.7 Å². The van der Waals surface area contributed by atoms with Gasteiger partial charge in [-0.1, -0.05) is 31.5 Å². The fourth-order valence-corrected chi connectivity index (χ4v) is 4.08. The van der Waals surface area contributed by atoms with Gasteiger partial charge >= 0.3 is 0 Å². The van der Waals surface area contributed by atoms with E-state index in [9.17, 15) is 5.26 Å². The van der Waals surface area contributed by atoms with Crippen LogP contribution >= 0.6 is 0 Å². The Balaban J connectivity index is 1.69. The van der Waals surface area contributed by atoms with E-state index in [4.69, 9.17) is 0 Å². The molecular weight excluding hydrogens is 380 g/mol. The number of aromatic nitrogens is 3. The van der Waals surface area contributed by atoms with Crippen LogP contribution in [0.4, 0.5) is 0 Å². The molecule has 4 nitrogen and oxygen atoms in total. The maximum atomic E-state index is 9.82. The number of allylic oxidation sites excluding steroid dienone is 1. The number of aryl methyl sites for hydroxylation is 3. The van der Waals surface area contributed by atoms with E-state index < -0.39 is 0 Å². The van der Waals surface area contributed by atoms with Crippen molar-refractivity contribution in [2.24, 2.45) is 0 Å². The topological polar surface area (TPSA) is 57.4 Å². The first-order valence-electron chi connectivity index (χ1n) is 10.9. The van der Waals surface area contributed by atoms with E-state index in [-0.39, 0.29) is 0 Å². The van der Waals surface area contributed by atoms with E-state index >= 15 is 0 Å². The van der Waals surface area contributed by atoms with Crippen LogP contribution in [0, 0.1) is 32.1 Å². The van der Waals surface area contributed by atoms with Crippen molar-refractivity contribution in [3.63, 3.8) is 0 Å². The Morgan fingerprint density at radius 3 is 2.58 bits per heavy atom. The highest BCUT2D eigenvalue weighted by Crippen LogP contribution is 2.26. The highest BCUT2D eigenvalue weighted by molar-refractivity contribution is 5.91. The number of hydrogen-bond acceptors (Lipinski definition) is 2. The predicted octanol–water partition coefficient (Wildman–Crippen LogP) is 6.69. The van der Waals surface area contributed by atoms with Crippen molar-refractivity contribution in [2.45, 2.75) is 47.0 Å². The summed E-state index contributed by atoms with van der Waals surface area (Å²) in [7, 11) is 0. The number of rotatable bonds is 6. The predicted molar refractivity (Wildman–Crippen MR) is 128 cm³/mol. The van der Waals surface area contributed by atoms with Crippen LogP contribution in [0.2, 0.25) is 0 Å². The van der Waals surface area contributed by atoms with Gasteiger partial charge in [-0.2, -0.15) is 5.26 Å². The third kappa shape index (κ3) is 4.18. The molecule has 156 valence electrons. The molecule has 0 spiro atoms. The second kappa shape index (κ2) is 8.65. The Kier molecular flexibility index (Phi) is 5.77. The van der Waals surface area contributed by atoms with Crippen molar-refractivity contribution in [3.05, 3.63) is 82.4 Å². The molecule has 0 aliphatic carbocycles. The van der Waals surface area contributed by atoms with Gasteiger partial charge in [0, 0.05) is 17.1 Å². The van der Waals surface area contributed by atoms with Crippen LogP contribution in [0.15, 0.2) is 48.5 Å². The van der Waals surface area contributed by atoms with Crippen LogP contribution < -0.4 is 0 Å². The largest absolute Gasteiger partial charge is 0.337 e. The molecule has 4 heteroatoms. The average molecular weight is 409 g/mol. The molecule has 0 saturated heterocycles. The highest BCUT2D eigenvalue weighted by atomic mass is 15.0. The standard InChI is InChI=1S/C27H28N4/c1-5-6-7-21-9-11-24(12-10-21)31-19(3)15-22(20(31)4)16-23(17-28)27-29-25-13-8-18(2)14-26(25)30-27/h8-16H,5-7H2,1-4H3,(H,29,30). The zero-order chi connectivity index (χ0) is 22.0. The van der Waals surface area contributed by atoms with Crippen LogP contribution in [-0.2, 0) is 6.42 Å². The van der Waals surface area contributed by atoms with Gasteiger partial charge < -0.3 is 9.55 Å². The minimum absolute atomic E-state index is 0.531. The fraction of sp³-hybridized carbons (Fsp3) is 0.259. The molecule has 0 radical (unpaired) electrons. The lowest BCUT2D eigenvalue weighted by molar-refractivity contribution is 0.794. The Hall–Kier alpha value is -3.58. The number of aromatic amines is 1. The smallest absolute Gasteiger partial charge is 0.149 e. The first-order valence-corrected chi connectivity index (χ1v) is 10.9. The molecule has 2 heterocycles. The lowest BCUT2D eigenvalue weighted by Crippen LogP contribution is -1.99. The van der Waals surface area contributed by atoms with Gasteiger partial charge in [0.05, 0.1) is 16.6 Å². The third-order valence-corrected chi connectivity index (χ3v) is 5.80. The number of imidazole rings is 1. The Labute approximate surface area is 183 Å². The molecule has 31 heavy (non-hydrogen) atoms. The van der Waals surface area contributed by atoms with Crippen LogP contribution in [0.5, 0.6) is 0 Å². The molecule has 0 atom stereocenters. The first kappa shape index (κ1) is 20.7. The highest BCUT2D eigenvalue weighted by Gasteiger charge is 2.13. The molecular formula is C27H28N4. The van der Waals surface area contributed by atoms with Crippen LogP contribution in [0.1, 0.15) is 53.7 Å². The van der Waals surface area contributed by atoms with Gasteiger partial charge in [0.2, 0.25) is 0 Å². The summed E-state index contributed by atoms with van der Waals surface area (Å²) in [6.07, 6.45) is 5.48. The summed E-state index contributed by atoms with van der Waals surface area (Å²) in [6.45, 7) is 8.47. The summed E-state index contributed by atoms with van der Waals surface area (Å²) in [5.74, 6) is 0.605. The SMILES string of the molecule is CCCCc1ccc(-n2c(C)cc(C=C(C#N)c3nc4ccc(C)cc4[nH]3)c2C)cc1. The maximum absolute atomic E-state index is 9.82. The molecule has 0 amide bonds. The van der Waals surface area contributed by atoms with E-state index in [1.807, 2.05) is 25.1 Å². The van der Waals surface area contributed by atoms with Crippen molar-refractivity contribution in [3.8, 4) is 11.8 Å². The van der Waals surface area contributed by atoms with Crippen molar-refractivity contribution in [1.29, 1.82) is 5.26 Å². The number of H-pyrrole nitrogens is 1. The monoisotopic (exact) mass is 408 g/mol. The lowest BCUT2D eigenvalue weighted by atomic mass is 10.1. The second-order valence-corrected chi connectivity index (χ2v) is 8.21. The number of nitrogens with one attached hydrogen (secondary N) is 1. The Morgan fingerprint density at radius 2 is 1.87 bits per heavy atom. The minimum atomic E-state index is 0.531. The molecule has 0 unspecified atom stereocenters. The van der Waals surface area contributed by atoms with Gasteiger partial charge in [0.15, 0.2) is 0 Å². The van der Waals surface area contributed by atoms with E-state index in [1.54, 1.807) is 0 Å². The van der Waals surface area contributed by atoms with E-state index in [1.165, 1.54) is 18.4 Å². The van der Waals surface area contributed by atoms with Crippen molar-refractivity contribution >= 4 is 22.7 Å². The summed E-state index contributed by atoms with van der Waals surface area (Å²) in [5, 5.41) is 9.82. The normalized spacial score (nSPS) is 11.8. The van der Waals surface area contributed by atoms with Gasteiger partial charge in [0.1, 0.15) is 11.9 Å². The molecule has 2 aromatic carbocycles. The fourth-order valence-electron chi connectivity index (χ4n) is 4.08. The summed E-state index contributed by atoms with van der Waals surface area (Å²) in [4.78, 5) is 7.91. The first-order chi connectivity index (χ1) is 15.0. The third-order valence-electron chi connectivity index (χ3n) is 5.80. The molecule has 0 aliphatic rings. The summed E-state index contributed by atoms with van der Waals surface area (Å²) in [6, 6.07) is 19.3. The number of unbranched alkanes of at least 4 members (excludes halogenated alkanes) is 1. The number of hydrogen-bond donors (Lipinski definition) is 1. The quantitative estimate of drug-likeness (QED) is 0.362. The summed E-state index contributed by atoms with van der Waals surface area (Å²) in [5.41, 5.74) is 9.31. The Morgan fingerprint density at radius 1 is 1.10 bits per heavy atom. The lowest BCUT2D eigenvalue weighted by Gasteiger charge is -2.11. The molecule has 0 fully saturated rings. The van der Waals surface area contributed by atoms with Crippen molar-refractivity contribution < 1.29 is 0 Å². The zero-order valence-corrected chi connectivity index (χ0v) is 18.7. The summed E-state index contributed by atoms with van der Waals surface area (Å²) < 4.78 is 2.24. The number of nitriles is 1. The Bertz CT molecular complexity index is 1290. The van der Waals surface area contributed by atoms with Gasteiger partial charge in [-0.15, -0.1) is 0 Å². The molecule has 0 saturated carbocycles. The molecule has 0 aliphatic heterocycles. The van der Waals surface area contributed by atoms with Gasteiger partial charge in [-0.25, -0.2) is 4.98 Å². The van der Waals surface area contributed by atoms with Gasteiger partial charge in [0.25, 0.3) is 0 Å². The van der Waals surface area contributed by atoms with E-state index in [2.05, 4.69) is 77.8 Å². The van der Waals surface area contributed by atoms with Crippen LogP contribution in [0.3, 0.4) is 0 Å². The van der Waals surface area contributed by atoms with Crippen LogP contribution in [-0.4, -0.2) is 14.5 Å². The molecule has 4 rings (SSSR count). The van der Waals surface area contributed by atoms with E-state index in [0.29, 0.717) is 11.4 Å².